The molecule has 2 fully saturated rings. The summed E-state index contributed by atoms with van der Waals surface area (Å²) in [6.07, 6.45) is 3.71. The van der Waals surface area contributed by atoms with Gasteiger partial charge in [-0.2, -0.15) is 50.2 Å². The van der Waals surface area contributed by atoms with Gasteiger partial charge in [0.15, 0.2) is 0 Å². The number of halogens is 3. The van der Waals surface area contributed by atoms with Crippen LogP contribution in [0.1, 0.15) is 73.6 Å². The second kappa shape index (κ2) is 12.0. The van der Waals surface area contributed by atoms with Crippen molar-refractivity contribution in [3.63, 3.8) is 0 Å². The van der Waals surface area contributed by atoms with Gasteiger partial charge in [0.25, 0.3) is 0 Å². The van der Waals surface area contributed by atoms with Crippen LogP contribution in [0.4, 0.5) is 8.78 Å². The van der Waals surface area contributed by atoms with Crippen molar-refractivity contribution in [1.29, 1.82) is 0 Å². The molecule has 2 aromatic rings. The van der Waals surface area contributed by atoms with Crippen molar-refractivity contribution in [3.05, 3.63) is 63.7 Å². The largest absolute Gasteiger partial charge is 0.495 e. The summed E-state index contributed by atoms with van der Waals surface area (Å²) in [6.45, 7) is 6.59. The zero-order valence-electron chi connectivity index (χ0n) is 19.9. The zero-order valence-corrected chi connectivity index (χ0v) is 27.3. The fourth-order valence-corrected chi connectivity index (χ4v) is 5.23. The Labute approximate surface area is 229 Å². The Morgan fingerprint density at radius 2 is 1.74 bits per heavy atom. The third-order valence-electron chi connectivity index (χ3n) is 7.06. The molecule has 1 saturated heterocycles. The van der Waals surface area contributed by atoms with Crippen LogP contribution in [0, 0.1) is 73.4 Å². The van der Waals surface area contributed by atoms with Crippen LogP contribution in [0.25, 0.3) is 0 Å². The molecule has 0 amide bonds. The van der Waals surface area contributed by atoms with E-state index in [4.69, 9.17) is 21.1 Å². The summed E-state index contributed by atoms with van der Waals surface area (Å²) in [6, 6.07) is 12.0. The van der Waals surface area contributed by atoms with Gasteiger partial charge in [0.2, 0.25) is 0 Å². The third-order valence-corrected chi connectivity index (χ3v) is 7.46. The topological polar surface area (TPSA) is 18.5 Å². The SMILES string of the molecule is Cc1[c-]cc(OC(F)(F)c2[c-]cc(C3CCC(C4CCC(C)CO4)CC3)cc2C)cc1Cl.[Cm].[La]. The Balaban J connectivity index is 0.00000204. The second-order valence-corrected chi connectivity index (χ2v) is 9.99. The molecule has 185 valence electrons. The molecule has 2 atom stereocenters. The first-order chi connectivity index (χ1) is 15.2. The maximum atomic E-state index is 14.9. The predicted molar refractivity (Wildman–Crippen MR) is 122 cm³/mol. The van der Waals surface area contributed by atoms with Gasteiger partial charge in [0.05, 0.1) is 6.10 Å². The molecule has 0 bridgehead atoms. The first kappa shape index (κ1) is 28.8. The van der Waals surface area contributed by atoms with Gasteiger partial charge >= 0.3 is 6.11 Å². The third kappa shape index (κ3) is 6.60. The summed E-state index contributed by atoms with van der Waals surface area (Å²) in [4.78, 5) is 0. The molecule has 2 nitrogen and oxygen atoms in total. The Kier molecular flexibility index (Phi) is 10.1. The van der Waals surface area contributed by atoms with Gasteiger partial charge in [-0.05, 0) is 43.1 Å². The Bertz CT molecular complexity index is 942. The molecule has 1 aliphatic heterocycles. The predicted octanol–water partition coefficient (Wildman–Crippen LogP) is 7.77. The average Bonchev–Trinajstić information content (AvgIpc) is 2.76. The average molecular weight is 847 g/mol. The molecule has 1 saturated carbocycles. The molecule has 7 heteroatoms. The van der Waals surface area contributed by atoms with E-state index in [1.54, 1.807) is 19.9 Å². The molecule has 1 radical (unpaired) electrons. The number of hydrogen-bond acceptors (Lipinski definition) is 2. The molecule has 0 spiro atoms. The number of benzene rings is 2. The fourth-order valence-electron chi connectivity index (χ4n) is 5.06. The van der Waals surface area contributed by atoms with Crippen molar-refractivity contribution in [2.24, 2.45) is 11.8 Å². The van der Waals surface area contributed by atoms with E-state index in [0.717, 1.165) is 44.3 Å². The van der Waals surface area contributed by atoms with Crippen molar-refractivity contribution in [2.45, 2.75) is 77.4 Å². The summed E-state index contributed by atoms with van der Waals surface area (Å²) in [5, 5.41) is 0.345. The van der Waals surface area contributed by atoms with Crippen molar-refractivity contribution in [1.82, 2.24) is 0 Å². The Morgan fingerprint density at radius 3 is 2.32 bits per heavy atom. The zero-order chi connectivity index (χ0) is 22.9. The quantitative estimate of drug-likeness (QED) is 0.287. The van der Waals surface area contributed by atoms with Gasteiger partial charge in [-0.15, -0.1) is 23.3 Å². The summed E-state index contributed by atoms with van der Waals surface area (Å²) in [7, 11) is 0. The van der Waals surface area contributed by atoms with Crippen LogP contribution in [0.5, 0.6) is 5.75 Å². The maximum Gasteiger partial charge on any atom is 0.393 e. The van der Waals surface area contributed by atoms with E-state index in [9.17, 15) is 8.78 Å². The monoisotopic (exact) mass is 842 g/mol. The van der Waals surface area contributed by atoms with Gasteiger partial charge in [-0.25, -0.2) is 0 Å². The number of ether oxygens (including phenoxy) is 2. The molecule has 2 unspecified atom stereocenters. The second-order valence-electron chi connectivity index (χ2n) is 9.58. The smallest absolute Gasteiger partial charge is 0.393 e. The van der Waals surface area contributed by atoms with Crippen LogP contribution in [-0.2, 0) is 10.8 Å². The van der Waals surface area contributed by atoms with Crippen molar-refractivity contribution < 1.29 is 53.9 Å². The summed E-state index contributed by atoms with van der Waals surface area (Å²) in [5.74, 6) is 1.67. The van der Waals surface area contributed by atoms with E-state index >= 15 is 0 Å². The van der Waals surface area contributed by atoms with Crippen molar-refractivity contribution >= 4 is 11.6 Å². The Hall–Kier alpha value is -1.46. The van der Waals surface area contributed by atoms with Crippen LogP contribution in [0.3, 0.4) is 0 Å². The van der Waals surface area contributed by atoms with Gasteiger partial charge < -0.3 is 9.47 Å². The van der Waals surface area contributed by atoms with E-state index in [2.05, 4.69) is 19.1 Å². The minimum atomic E-state index is -3.50. The van der Waals surface area contributed by atoms with Crippen LogP contribution in [0.2, 0.25) is 5.02 Å². The molecule has 1 aliphatic carbocycles. The minimum Gasteiger partial charge on any atom is -0.495 e. The molecule has 4 rings (SSSR count). The summed E-state index contributed by atoms with van der Waals surface area (Å²) >= 11 is 6.02. The first-order valence-electron chi connectivity index (χ1n) is 11.6. The van der Waals surface area contributed by atoms with Crippen molar-refractivity contribution in [2.75, 3.05) is 6.61 Å². The van der Waals surface area contributed by atoms with Crippen LogP contribution in [0.15, 0.2) is 24.3 Å². The number of hydrogen-bond donors (Lipinski definition) is 0. The summed E-state index contributed by atoms with van der Waals surface area (Å²) < 4.78 is 40.8. The summed E-state index contributed by atoms with van der Waals surface area (Å²) in [5.41, 5.74) is 2.02. The van der Waals surface area contributed by atoms with Crippen LogP contribution in [-0.4, -0.2) is 12.7 Å². The number of aryl methyl sites for hydroxylation is 2. The standard InChI is InChI=1S/C27H31ClF2O2.Cm.La/c1-17-4-13-26(31-16-17)21-8-6-20(7-9-21)22-10-12-24(19(3)14-22)27(29,30)32-23-11-5-18(2)25(28)15-23;;/h10-11,14-15,17,20-21,26H,4,6-9,13,16H2,1-3H3;;/q-2;;. The number of rotatable bonds is 5. The molecule has 1 heterocycles. The molecule has 2 aliphatic rings. The van der Waals surface area contributed by atoms with E-state index in [1.807, 2.05) is 6.07 Å². The normalized spacial score (nSPS) is 25.1. The van der Waals surface area contributed by atoms with Crippen LogP contribution >= 0.6 is 11.6 Å². The van der Waals surface area contributed by atoms with E-state index in [-0.39, 0.29) is 46.9 Å². The van der Waals surface area contributed by atoms with Gasteiger partial charge in [-0.3, -0.25) is 0 Å². The number of alkyl halides is 2. The molecule has 0 N–H and O–H groups in total. The Morgan fingerprint density at radius 1 is 1.03 bits per heavy atom. The van der Waals surface area contributed by atoms with E-state index in [1.165, 1.54) is 18.6 Å². The van der Waals surface area contributed by atoms with E-state index < -0.39 is 6.11 Å². The van der Waals surface area contributed by atoms with Crippen LogP contribution < -0.4 is 4.74 Å². The maximum absolute atomic E-state index is 14.9. The molecular weight excluding hydrogens is 816 g/mol. The van der Waals surface area contributed by atoms with Gasteiger partial charge in [0.1, 0.15) is 0 Å². The molecular formula is C27H31ClCmF2LaO2-2. The van der Waals surface area contributed by atoms with Gasteiger partial charge in [0, 0.05) is 48.0 Å². The molecule has 0 aromatic heterocycles. The molecule has 34 heavy (non-hydrogen) atoms. The van der Waals surface area contributed by atoms with E-state index in [0.29, 0.717) is 40.0 Å². The van der Waals surface area contributed by atoms with Crippen molar-refractivity contribution in [3.8, 4) is 5.75 Å². The minimum absolute atomic E-state index is 0. The van der Waals surface area contributed by atoms with Gasteiger partial charge in [-0.1, -0.05) is 44.6 Å². The first-order valence-corrected chi connectivity index (χ1v) is 12.0. The fraction of sp³-hybridized carbons (Fsp3) is 0.556. The molecule has 2 aromatic carbocycles.